The molecule has 1 atom stereocenters. The summed E-state index contributed by atoms with van der Waals surface area (Å²) >= 11 is 0. The molecule has 0 radical (unpaired) electrons. The van der Waals surface area contributed by atoms with Gasteiger partial charge in [0.1, 0.15) is 12.4 Å². The average molecular weight is 300 g/mol. The highest BCUT2D eigenvalue weighted by molar-refractivity contribution is 5.78. The Balaban J connectivity index is 1.55. The van der Waals surface area contributed by atoms with Gasteiger partial charge in [0.2, 0.25) is 5.91 Å². The van der Waals surface area contributed by atoms with Gasteiger partial charge in [-0.2, -0.15) is 5.10 Å². The normalized spacial score (nSPS) is 17.9. The first kappa shape index (κ1) is 14.7. The zero-order chi connectivity index (χ0) is 15.4. The van der Waals surface area contributed by atoms with Crippen LogP contribution in [0.5, 0.6) is 0 Å². The van der Waals surface area contributed by atoms with Crippen molar-refractivity contribution in [3.8, 4) is 0 Å². The first-order valence-corrected chi connectivity index (χ1v) is 7.54. The van der Waals surface area contributed by atoms with Crippen LogP contribution in [-0.4, -0.2) is 39.1 Å². The monoisotopic (exact) mass is 300 g/mol. The lowest BCUT2D eigenvalue weighted by Crippen LogP contribution is -2.34. The highest BCUT2D eigenvalue weighted by atomic mass is 16.5. The average Bonchev–Trinajstić information content (AvgIpc) is 3.16. The third kappa shape index (κ3) is 3.33. The fraction of sp³-hybridized carbons (Fsp3) is 0.438. The summed E-state index contributed by atoms with van der Waals surface area (Å²) in [6.07, 6.45) is 1.88. The summed E-state index contributed by atoms with van der Waals surface area (Å²) in [5.41, 5.74) is 1.07. The van der Waals surface area contributed by atoms with Gasteiger partial charge in [-0.3, -0.25) is 9.89 Å². The van der Waals surface area contributed by atoms with Gasteiger partial charge in [0.05, 0.1) is 12.6 Å². The van der Waals surface area contributed by atoms with E-state index in [1.807, 2.05) is 42.2 Å². The Morgan fingerprint density at radius 2 is 2.23 bits per heavy atom. The minimum Gasteiger partial charge on any atom is -0.367 e. The maximum atomic E-state index is 12.4. The number of H-pyrrole nitrogens is 1. The number of hydrogen-bond acceptors (Lipinski definition) is 4. The number of amides is 1. The molecule has 0 bridgehead atoms. The topological polar surface area (TPSA) is 71.1 Å². The number of rotatable bonds is 5. The molecule has 0 saturated carbocycles. The van der Waals surface area contributed by atoms with Crippen LogP contribution in [0.15, 0.2) is 30.3 Å². The Bertz CT molecular complexity index is 626. The van der Waals surface area contributed by atoms with Crippen molar-refractivity contribution in [2.75, 3.05) is 13.2 Å². The minimum atomic E-state index is -0.0298. The third-order valence-electron chi connectivity index (χ3n) is 3.82. The molecule has 2 heterocycles. The van der Waals surface area contributed by atoms with Crippen LogP contribution in [0.3, 0.4) is 0 Å². The van der Waals surface area contributed by atoms with Crippen LogP contribution in [0.25, 0.3) is 0 Å². The lowest BCUT2D eigenvalue weighted by molar-refractivity contribution is -0.137. The second-order valence-corrected chi connectivity index (χ2v) is 5.50. The van der Waals surface area contributed by atoms with Gasteiger partial charge in [0.25, 0.3) is 0 Å². The fourth-order valence-corrected chi connectivity index (χ4v) is 2.76. The molecule has 6 heteroatoms. The van der Waals surface area contributed by atoms with E-state index in [9.17, 15) is 4.79 Å². The molecule has 1 N–H and O–H groups in total. The molecule has 2 aromatic rings. The minimum absolute atomic E-state index is 0.000819. The number of nitrogens with zero attached hydrogens (tertiary/aromatic N) is 3. The summed E-state index contributed by atoms with van der Waals surface area (Å²) in [6.45, 7) is 3.14. The van der Waals surface area contributed by atoms with E-state index < -0.39 is 0 Å². The smallest absolute Gasteiger partial charge is 0.249 e. The molecule has 3 rings (SSSR count). The summed E-state index contributed by atoms with van der Waals surface area (Å²) in [7, 11) is 0. The van der Waals surface area contributed by atoms with E-state index in [4.69, 9.17) is 4.74 Å². The molecule has 1 fully saturated rings. The predicted molar refractivity (Wildman–Crippen MR) is 80.9 cm³/mol. The molecular formula is C16H20N4O2. The maximum Gasteiger partial charge on any atom is 0.249 e. The molecule has 116 valence electrons. The first-order chi connectivity index (χ1) is 10.7. The van der Waals surface area contributed by atoms with Gasteiger partial charge in [0, 0.05) is 6.54 Å². The summed E-state index contributed by atoms with van der Waals surface area (Å²) in [5.74, 6) is 1.47. The number of likely N-dealkylation sites (tertiary alicyclic amines) is 1. The predicted octanol–water partition coefficient (Wildman–Crippen LogP) is 1.99. The molecule has 1 aromatic carbocycles. The Hall–Kier alpha value is -2.21. The van der Waals surface area contributed by atoms with Crippen LogP contribution in [0.2, 0.25) is 0 Å². The Kier molecular flexibility index (Phi) is 4.48. The van der Waals surface area contributed by atoms with Gasteiger partial charge in [0.15, 0.2) is 5.82 Å². The van der Waals surface area contributed by atoms with Crippen molar-refractivity contribution >= 4 is 5.91 Å². The van der Waals surface area contributed by atoms with Gasteiger partial charge < -0.3 is 9.64 Å². The number of carbonyl (C=O) groups excluding carboxylic acids is 1. The SMILES string of the molecule is Cc1nc(C2CCCN2C(=O)COCc2ccccc2)n[nH]1. The largest absolute Gasteiger partial charge is 0.367 e. The first-order valence-electron chi connectivity index (χ1n) is 7.54. The molecule has 1 aliphatic heterocycles. The number of carbonyl (C=O) groups is 1. The summed E-state index contributed by atoms with van der Waals surface area (Å²) in [6, 6.07) is 9.82. The summed E-state index contributed by atoms with van der Waals surface area (Å²) < 4.78 is 5.54. The summed E-state index contributed by atoms with van der Waals surface area (Å²) in [4.78, 5) is 18.5. The van der Waals surface area contributed by atoms with E-state index in [0.29, 0.717) is 12.4 Å². The summed E-state index contributed by atoms with van der Waals surface area (Å²) in [5, 5.41) is 7.03. The highest BCUT2D eigenvalue weighted by Crippen LogP contribution is 2.29. The molecule has 1 aromatic heterocycles. The third-order valence-corrected chi connectivity index (χ3v) is 3.82. The quantitative estimate of drug-likeness (QED) is 0.916. The fourth-order valence-electron chi connectivity index (χ4n) is 2.76. The van der Waals surface area contributed by atoms with Gasteiger partial charge in [-0.25, -0.2) is 4.98 Å². The number of benzene rings is 1. The van der Waals surface area contributed by atoms with Crippen LogP contribution in [0.4, 0.5) is 0 Å². The lowest BCUT2D eigenvalue weighted by Gasteiger charge is -2.22. The van der Waals surface area contributed by atoms with E-state index in [2.05, 4.69) is 15.2 Å². The Labute approximate surface area is 129 Å². The lowest BCUT2D eigenvalue weighted by atomic mass is 10.2. The van der Waals surface area contributed by atoms with E-state index in [1.165, 1.54) is 0 Å². The molecule has 0 spiro atoms. The van der Waals surface area contributed by atoms with Crippen molar-refractivity contribution in [2.45, 2.75) is 32.4 Å². The second kappa shape index (κ2) is 6.70. The molecule has 6 nitrogen and oxygen atoms in total. The number of aromatic amines is 1. The van der Waals surface area contributed by atoms with Gasteiger partial charge in [-0.05, 0) is 25.3 Å². The molecule has 1 aliphatic rings. The molecule has 1 unspecified atom stereocenters. The van der Waals surface area contributed by atoms with Crippen LogP contribution in [0, 0.1) is 6.92 Å². The Morgan fingerprint density at radius 3 is 2.95 bits per heavy atom. The van der Waals surface area contributed by atoms with E-state index in [-0.39, 0.29) is 18.6 Å². The molecule has 1 saturated heterocycles. The maximum absolute atomic E-state index is 12.4. The number of aryl methyl sites for hydroxylation is 1. The van der Waals surface area contributed by atoms with Crippen molar-refractivity contribution < 1.29 is 9.53 Å². The molecule has 0 aliphatic carbocycles. The van der Waals surface area contributed by atoms with Crippen molar-refractivity contribution in [2.24, 2.45) is 0 Å². The molecular weight excluding hydrogens is 280 g/mol. The number of ether oxygens (including phenoxy) is 1. The van der Waals surface area contributed by atoms with Crippen LogP contribution in [-0.2, 0) is 16.1 Å². The van der Waals surface area contributed by atoms with Crippen molar-refractivity contribution in [1.82, 2.24) is 20.1 Å². The molecule has 1 amide bonds. The zero-order valence-corrected chi connectivity index (χ0v) is 12.7. The second-order valence-electron chi connectivity index (χ2n) is 5.50. The van der Waals surface area contributed by atoms with Crippen molar-refractivity contribution in [3.63, 3.8) is 0 Å². The Morgan fingerprint density at radius 1 is 1.41 bits per heavy atom. The van der Waals surface area contributed by atoms with Gasteiger partial charge >= 0.3 is 0 Å². The van der Waals surface area contributed by atoms with Crippen molar-refractivity contribution in [1.29, 1.82) is 0 Å². The van der Waals surface area contributed by atoms with Crippen LogP contribution < -0.4 is 0 Å². The van der Waals surface area contributed by atoms with Gasteiger partial charge in [-0.15, -0.1) is 0 Å². The van der Waals surface area contributed by atoms with E-state index >= 15 is 0 Å². The number of aromatic nitrogens is 3. The highest BCUT2D eigenvalue weighted by Gasteiger charge is 2.32. The van der Waals surface area contributed by atoms with Crippen LogP contribution in [0.1, 0.15) is 36.1 Å². The van der Waals surface area contributed by atoms with E-state index in [1.54, 1.807) is 0 Å². The number of nitrogens with one attached hydrogen (secondary N) is 1. The van der Waals surface area contributed by atoms with E-state index in [0.717, 1.165) is 30.8 Å². The van der Waals surface area contributed by atoms with Crippen LogP contribution >= 0.6 is 0 Å². The standard InChI is InChI=1S/C16H20N4O2/c1-12-17-16(19-18-12)14-8-5-9-20(14)15(21)11-22-10-13-6-3-2-4-7-13/h2-4,6-7,14H,5,8-11H2,1H3,(H,17,18,19). The van der Waals surface area contributed by atoms with Crippen molar-refractivity contribution in [3.05, 3.63) is 47.5 Å². The van der Waals surface area contributed by atoms with Gasteiger partial charge in [-0.1, -0.05) is 30.3 Å². The molecule has 22 heavy (non-hydrogen) atoms. The number of hydrogen-bond donors (Lipinski definition) is 1. The zero-order valence-electron chi connectivity index (χ0n) is 12.7.